The van der Waals surface area contributed by atoms with Gasteiger partial charge < -0.3 is 4.98 Å². The van der Waals surface area contributed by atoms with Crippen LogP contribution in [-0.4, -0.2) is 24.3 Å². The number of hydrogen-bond donors (Lipinski definition) is 1. The minimum atomic E-state index is -3.41. The topological polar surface area (TPSA) is 53.2 Å². The van der Waals surface area contributed by atoms with E-state index in [0.29, 0.717) is 10.8 Å². The highest BCUT2D eigenvalue weighted by Gasteiger charge is 2.37. The van der Waals surface area contributed by atoms with E-state index in [1.165, 1.54) is 11.3 Å². The zero-order valence-corrected chi connectivity index (χ0v) is 14.2. The lowest BCUT2D eigenvalue weighted by molar-refractivity contribution is 0.392. The summed E-state index contributed by atoms with van der Waals surface area (Å²) in [6.07, 6.45) is 3.60. The number of sulfonamides is 1. The molecule has 1 aliphatic heterocycles. The molecular formula is C13H15BrN2O2S2. The third kappa shape index (κ3) is 2.36. The van der Waals surface area contributed by atoms with Crippen molar-refractivity contribution in [3.05, 3.63) is 39.4 Å². The summed E-state index contributed by atoms with van der Waals surface area (Å²) in [6, 6.07) is 5.53. The van der Waals surface area contributed by atoms with Crippen molar-refractivity contribution in [1.29, 1.82) is 0 Å². The van der Waals surface area contributed by atoms with E-state index in [1.54, 1.807) is 10.4 Å². The second kappa shape index (κ2) is 5.29. The van der Waals surface area contributed by atoms with Crippen molar-refractivity contribution in [2.24, 2.45) is 0 Å². The molecule has 0 bridgehead atoms. The fourth-order valence-corrected chi connectivity index (χ4v) is 6.59. The molecule has 3 heterocycles. The quantitative estimate of drug-likeness (QED) is 0.890. The monoisotopic (exact) mass is 374 g/mol. The number of thiophene rings is 1. The summed E-state index contributed by atoms with van der Waals surface area (Å²) >= 11 is 4.68. The molecule has 4 nitrogen and oxygen atoms in total. The molecule has 1 aliphatic rings. The number of aromatic amines is 1. The molecule has 1 fully saturated rings. The van der Waals surface area contributed by atoms with Crippen LogP contribution in [0.3, 0.4) is 0 Å². The van der Waals surface area contributed by atoms with Gasteiger partial charge in [-0.15, -0.1) is 11.3 Å². The molecule has 20 heavy (non-hydrogen) atoms. The second-order valence-electron chi connectivity index (χ2n) is 4.92. The predicted molar refractivity (Wildman–Crippen MR) is 83.4 cm³/mol. The first-order valence-electron chi connectivity index (χ1n) is 6.41. The number of nitrogens with zero attached hydrogens (tertiary/aromatic N) is 1. The van der Waals surface area contributed by atoms with E-state index < -0.39 is 10.0 Å². The fraction of sp³-hybridized carbons (Fsp3) is 0.385. The van der Waals surface area contributed by atoms with E-state index in [2.05, 4.69) is 20.9 Å². The first kappa shape index (κ1) is 14.3. The molecule has 2 aromatic rings. The molecule has 108 valence electrons. The molecule has 1 unspecified atom stereocenters. The van der Waals surface area contributed by atoms with Crippen molar-refractivity contribution in [1.82, 2.24) is 9.29 Å². The number of nitrogens with one attached hydrogen (secondary N) is 1. The van der Waals surface area contributed by atoms with E-state index in [0.717, 1.165) is 27.9 Å². The van der Waals surface area contributed by atoms with Gasteiger partial charge >= 0.3 is 0 Å². The van der Waals surface area contributed by atoms with Crippen LogP contribution in [-0.2, 0) is 10.0 Å². The van der Waals surface area contributed by atoms with Gasteiger partial charge in [0.15, 0.2) is 0 Å². The zero-order valence-electron chi connectivity index (χ0n) is 11.0. The maximum atomic E-state index is 12.8. The number of aromatic nitrogens is 1. The fourth-order valence-electron chi connectivity index (χ4n) is 2.56. The lowest BCUT2D eigenvalue weighted by Crippen LogP contribution is -2.30. The molecule has 2 aromatic heterocycles. The number of rotatable bonds is 3. The first-order chi connectivity index (χ1) is 9.50. The Balaban J connectivity index is 1.98. The Labute approximate surface area is 131 Å². The van der Waals surface area contributed by atoms with E-state index in [-0.39, 0.29) is 6.04 Å². The Bertz CT molecular complexity index is 687. The highest BCUT2D eigenvalue weighted by molar-refractivity contribution is 9.11. The maximum Gasteiger partial charge on any atom is 0.253 e. The normalized spacial score (nSPS) is 20.6. The van der Waals surface area contributed by atoms with Crippen molar-refractivity contribution < 1.29 is 8.42 Å². The van der Waals surface area contributed by atoms with Crippen LogP contribution < -0.4 is 0 Å². The minimum absolute atomic E-state index is 0.0730. The van der Waals surface area contributed by atoms with Crippen LogP contribution in [0.1, 0.15) is 30.1 Å². The molecule has 0 spiro atoms. The molecule has 0 saturated carbocycles. The van der Waals surface area contributed by atoms with Gasteiger partial charge in [-0.3, -0.25) is 0 Å². The Morgan fingerprint density at radius 2 is 2.30 bits per heavy atom. The van der Waals surface area contributed by atoms with Crippen molar-refractivity contribution in [2.75, 3.05) is 6.54 Å². The Kier molecular flexibility index (Phi) is 3.79. The number of aryl methyl sites for hydroxylation is 1. The number of hydrogen-bond acceptors (Lipinski definition) is 3. The van der Waals surface area contributed by atoms with E-state index in [9.17, 15) is 8.42 Å². The summed E-state index contributed by atoms with van der Waals surface area (Å²) in [6.45, 7) is 2.49. The van der Waals surface area contributed by atoms with Gasteiger partial charge in [-0.05, 0) is 59.5 Å². The van der Waals surface area contributed by atoms with Gasteiger partial charge in [0.05, 0.1) is 9.83 Å². The Morgan fingerprint density at radius 3 is 2.90 bits per heavy atom. The number of H-pyrrole nitrogens is 1. The van der Waals surface area contributed by atoms with Gasteiger partial charge in [0.25, 0.3) is 10.0 Å². The SMILES string of the molecule is Cc1cc(S(=O)(=O)N2CCCC2c2ccc[nH]2)sc1Br. The molecule has 0 radical (unpaired) electrons. The van der Waals surface area contributed by atoms with Gasteiger partial charge in [-0.25, -0.2) is 8.42 Å². The lowest BCUT2D eigenvalue weighted by atomic mass is 10.2. The molecule has 0 amide bonds. The molecule has 1 atom stereocenters. The van der Waals surface area contributed by atoms with Crippen molar-refractivity contribution in [2.45, 2.75) is 30.0 Å². The maximum absolute atomic E-state index is 12.8. The highest BCUT2D eigenvalue weighted by atomic mass is 79.9. The Morgan fingerprint density at radius 1 is 1.50 bits per heavy atom. The third-order valence-corrected chi connectivity index (χ3v) is 8.08. The largest absolute Gasteiger partial charge is 0.364 e. The average Bonchev–Trinajstić information content (AvgIpc) is 3.10. The van der Waals surface area contributed by atoms with E-state index in [1.807, 2.05) is 25.3 Å². The molecule has 1 saturated heterocycles. The average molecular weight is 375 g/mol. The van der Waals surface area contributed by atoms with Gasteiger partial charge in [0, 0.05) is 18.4 Å². The molecule has 7 heteroatoms. The molecule has 0 aromatic carbocycles. The third-order valence-electron chi connectivity index (χ3n) is 3.58. The van der Waals surface area contributed by atoms with Crippen LogP contribution in [0.2, 0.25) is 0 Å². The van der Waals surface area contributed by atoms with Gasteiger partial charge in [-0.2, -0.15) is 4.31 Å². The van der Waals surface area contributed by atoms with E-state index in [4.69, 9.17) is 0 Å². The smallest absolute Gasteiger partial charge is 0.253 e. The summed E-state index contributed by atoms with van der Waals surface area (Å²) in [7, 11) is -3.41. The van der Waals surface area contributed by atoms with E-state index >= 15 is 0 Å². The molecule has 3 rings (SSSR count). The predicted octanol–water partition coefficient (Wildman–Crippen LogP) is 3.67. The van der Waals surface area contributed by atoms with Crippen molar-refractivity contribution >= 4 is 37.3 Å². The van der Waals surface area contributed by atoms with Crippen LogP contribution in [0.15, 0.2) is 32.4 Å². The van der Waals surface area contributed by atoms with Crippen LogP contribution in [0, 0.1) is 6.92 Å². The van der Waals surface area contributed by atoms with Crippen molar-refractivity contribution in [3.63, 3.8) is 0 Å². The standard InChI is InChI=1S/C13H15BrN2O2S2/c1-9-8-12(19-13(9)14)20(17,18)16-7-3-5-11(16)10-4-2-6-15-10/h2,4,6,8,11,15H,3,5,7H2,1H3. The highest BCUT2D eigenvalue weighted by Crippen LogP contribution is 2.39. The van der Waals surface area contributed by atoms with Gasteiger partial charge in [0.1, 0.15) is 4.21 Å². The van der Waals surface area contributed by atoms with Crippen LogP contribution in [0.25, 0.3) is 0 Å². The Hall–Kier alpha value is -0.630. The summed E-state index contributed by atoms with van der Waals surface area (Å²) in [4.78, 5) is 3.14. The van der Waals surface area contributed by atoms with Crippen molar-refractivity contribution in [3.8, 4) is 0 Å². The van der Waals surface area contributed by atoms with Gasteiger partial charge in [0.2, 0.25) is 0 Å². The second-order valence-corrected chi connectivity index (χ2v) is 9.41. The summed E-state index contributed by atoms with van der Waals surface area (Å²) in [5, 5.41) is 0. The zero-order chi connectivity index (χ0) is 14.3. The van der Waals surface area contributed by atoms with Crippen LogP contribution >= 0.6 is 27.3 Å². The summed E-state index contributed by atoms with van der Waals surface area (Å²) in [5.74, 6) is 0. The minimum Gasteiger partial charge on any atom is -0.364 e. The summed E-state index contributed by atoms with van der Waals surface area (Å²) in [5.41, 5.74) is 1.93. The molecular weight excluding hydrogens is 360 g/mol. The first-order valence-corrected chi connectivity index (χ1v) is 9.46. The van der Waals surface area contributed by atoms with Gasteiger partial charge in [-0.1, -0.05) is 0 Å². The number of halogens is 1. The molecule has 1 N–H and O–H groups in total. The van der Waals surface area contributed by atoms with Crippen LogP contribution in [0.5, 0.6) is 0 Å². The lowest BCUT2D eigenvalue weighted by Gasteiger charge is -2.22. The van der Waals surface area contributed by atoms with Crippen LogP contribution in [0.4, 0.5) is 0 Å². The summed E-state index contributed by atoms with van der Waals surface area (Å²) < 4.78 is 28.5. The molecule has 0 aliphatic carbocycles.